The number of nitrogens with one attached hydrogen (secondary N) is 1. The Morgan fingerprint density at radius 1 is 1.06 bits per heavy atom. The van der Waals surface area contributed by atoms with Crippen molar-refractivity contribution >= 4 is 11.5 Å². The lowest BCUT2D eigenvalue weighted by Gasteiger charge is -2.10. The summed E-state index contributed by atoms with van der Waals surface area (Å²) in [6, 6.07) is 12.4. The fraction of sp³-hybridized carbons (Fsp3) is 0.267. The molecule has 0 saturated heterocycles. The molecule has 0 bridgehead atoms. The van der Waals surface area contributed by atoms with Gasteiger partial charge in [-0.25, -0.2) is 4.98 Å². The molecule has 1 aromatic heterocycles. The second kappa shape index (κ2) is 5.00. The van der Waals surface area contributed by atoms with Crippen molar-refractivity contribution in [2.75, 3.05) is 5.32 Å². The van der Waals surface area contributed by atoms with Crippen molar-refractivity contribution in [3.05, 3.63) is 53.7 Å². The first-order chi connectivity index (χ1) is 8.16. The lowest BCUT2D eigenvalue weighted by Crippen LogP contribution is -1.96. The SMILES string of the molecule is Cc1ccccc1Nc1ccc(C(C)C)cn1. The standard InChI is InChI=1S/C15H18N2/c1-11(2)13-8-9-15(16-10-13)17-14-7-5-4-6-12(14)3/h4-11H,1-3H3,(H,16,17). The van der Waals surface area contributed by atoms with Crippen LogP contribution in [-0.4, -0.2) is 4.98 Å². The molecule has 1 aromatic carbocycles. The second-order valence-corrected chi connectivity index (χ2v) is 4.57. The van der Waals surface area contributed by atoms with Gasteiger partial charge in [-0.15, -0.1) is 0 Å². The summed E-state index contributed by atoms with van der Waals surface area (Å²) in [5.41, 5.74) is 3.60. The van der Waals surface area contributed by atoms with Gasteiger partial charge in [0.25, 0.3) is 0 Å². The first-order valence-electron chi connectivity index (χ1n) is 5.95. The number of pyridine rings is 1. The number of hydrogen-bond donors (Lipinski definition) is 1. The highest BCUT2D eigenvalue weighted by molar-refractivity contribution is 5.60. The Hall–Kier alpha value is -1.83. The van der Waals surface area contributed by atoms with Gasteiger partial charge in [-0.1, -0.05) is 38.1 Å². The Morgan fingerprint density at radius 2 is 1.82 bits per heavy atom. The van der Waals surface area contributed by atoms with Crippen LogP contribution in [0.2, 0.25) is 0 Å². The van der Waals surface area contributed by atoms with Crippen LogP contribution in [0.15, 0.2) is 42.6 Å². The fourth-order valence-corrected chi connectivity index (χ4v) is 1.67. The lowest BCUT2D eigenvalue weighted by atomic mass is 10.1. The smallest absolute Gasteiger partial charge is 0.130 e. The maximum absolute atomic E-state index is 4.43. The molecule has 0 spiro atoms. The third kappa shape index (κ3) is 2.84. The Morgan fingerprint density at radius 3 is 2.41 bits per heavy atom. The number of benzene rings is 1. The quantitative estimate of drug-likeness (QED) is 0.846. The number of aryl methyl sites for hydroxylation is 1. The second-order valence-electron chi connectivity index (χ2n) is 4.57. The molecule has 17 heavy (non-hydrogen) atoms. The topological polar surface area (TPSA) is 24.9 Å². The molecule has 0 amide bonds. The van der Waals surface area contributed by atoms with Crippen LogP contribution in [0.3, 0.4) is 0 Å². The van der Waals surface area contributed by atoms with Gasteiger partial charge in [-0.2, -0.15) is 0 Å². The summed E-state index contributed by atoms with van der Waals surface area (Å²) in [6.45, 7) is 6.43. The molecule has 2 rings (SSSR count). The molecule has 2 nitrogen and oxygen atoms in total. The first kappa shape index (κ1) is 11.6. The van der Waals surface area contributed by atoms with Crippen LogP contribution in [0.5, 0.6) is 0 Å². The van der Waals surface area contributed by atoms with Crippen molar-refractivity contribution in [1.29, 1.82) is 0 Å². The van der Waals surface area contributed by atoms with E-state index in [1.165, 1.54) is 11.1 Å². The minimum absolute atomic E-state index is 0.523. The van der Waals surface area contributed by atoms with Crippen molar-refractivity contribution in [2.45, 2.75) is 26.7 Å². The van der Waals surface area contributed by atoms with Crippen LogP contribution < -0.4 is 5.32 Å². The average Bonchev–Trinajstić information content (AvgIpc) is 2.33. The molecule has 88 valence electrons. The number of nitrogens with zero attached hydrogens (tertiary/aromatic N) is 1. The molecule has 0 saturated carbocycles. The van der Waals surface area contributed by atoms with Crippen LogP contribution in [0, 0.1) is 6.92 Å². The minimum Gasteiger partial charge on any atom is -0.340 e. The molecule has 0 unspecified atom stereocenters. The van der Waals surface area contributed by atoms with Gasteiger partial charge >= 0.3 is 0 Å². The lowest BCUT2D eigenvalue weighted by molar-refractivity contribution is 0.859. The summed E-state index contributed by atoms with van der Waals surface area (Å²) in [7, 11) is 0. The van der Waals surface area contributed by atoms with Gasteiger partial charge in [0.05, 0.1) is 0 Å². The van der Waals surface area contributed by atoms with Crippen LogP contribution in [-0.2, 0) is 0 Å². The van der Waals surface area contributed by atoms with E-state index in [0.29, 0.717) is 5.92 Å². The maximum Gasteiger partial charge on any atom is 0.130 e. The molecule has 1 N–H and O–H groups in total. The van der Waals surface area contributed by atoms with Crippen LogP contribution >= 0.6 is 0 Å². The molecule has 1 heterocycles. The van der Waals surface area contributed by atoms with E-state index in [-0.39, 0.29) is 0 Å². The molecule has 0 atom stereocenters. The molecule has 0 aliphatic heterocycles. The Balaban J connectivity index is 2.17. The highest BCUT2D eigenvalue weighted by atomic mass is 15.0. The predicted molar refractivity (Wildman–Crippen MR) is 72.8 cm³/mol. The summed E-state index contributed by atoms with van der Waals surface area (Å²) in [5.74, 6) is 1.42. The number of rotatable bonds is 3. The average molecular weight is 226 g/mol. The zero-order valence-corrected chi connectivity index (χ0v) is 10.6. The first-order valence-corrected chi connectivity index (χ1v) is 5.95. The molecule has 0 aliphatic rings. The van der Waals surface area contributed by atoms with E-state index in [0.717, 1.165) is 11.5 Å². The normalized spacial score (nSPS) is 10.6. The van der Waals surface area contributed by atoms with Gasteiger partial charge in [0.15, 0.2) is 0 Å². The largest absolute Gasteiger partial charge is 0.340 e. The van der Waals surface area contributed by atoms with Crippen LogP contribution in [0.25, 0.3) is 0 Å². The molecule has 0 radical (unpaired) electrons. The minimum atomic E-state index is 0.523. The summed E-state index contributed by atoms with van der Waals surface area (Å²) in [6.07, 6.45) is 1.94. The number of anilines is 2. The number of hydrogen-bond acceptors (Lipinski definition) is 2. The van der Waals surface area contributed by atoms with Crippen molar-refractivity contribution in [1.82, 2.24) is 4.98 Å². The van der Waals surface area contributed by atoms with Gasteiger partial charge in [0, 0.05) is 11.9 Å². The van der Waals surface area contributed by atoms with E-state index in [1.54, 1.807) is 0 Å². The summed E-state index contributed by atoms with van der Waals surface area (Å²) >= 11 is 0. The molecule has 0 aliphatic carbocycles. The van der Waals surface area contributed by atoms with E-state index in [1.807, 2.05) is 24.4 Å². The van der Waals surface area contributed by atoms with E-state index in [9.17, 15) is 0 Å². The van der Waals surface area contributed by atoms with E-state index in [4.69, 9.17) is 0 Å². The van der Waals surface area contributed by atoms with Crippen molar-refractivity contribution in [3.63, 3.8) is 0 Å². The fourth-order valence-electron chi connectivity index (χ4n) is 1.67. The van der Waals surface area contributed by atoms with Crippen molar-refractivity contribution < 1.29 is 0 Å². The Labute approximate surface area is 103 Å². The summed E-state index contributed by atoms with van der Waals surface area (Å²) in [4.78, 5) is 4.43. The van der Waals surface area contributed by atoms with E-state index in [2.05, 4.69) is 49.3 Å². The van der Waals surface area contributed by atoms with Gasteiger partial charge in [0.2, 0.25) is 0 Å². The maximum atomic E-state index is 4.43. The van der Waals surface area contributed by atoms with Crippen molar-refractivity contribution in [2.24, 2.45) is 0 Å². The van der Waals surface area contributed by atoms with Gasteiger partial charge in [0.1, 0.15) is 5.82 Å². The highest BCUT2D eigenvalue weighted by Gasteiger charge is 2.01. The third-order valence-corrected chi connectivity index (χ3v) is 2.86. The van der Waals surface area contributed by atoms with E-state index < -0.39 is 0 Å². The molecule has 0 fully saturated rings. The molecular weight excluding hydrogens is 208 g/mol. The number of aromatic nitrogens is 1. The zero-order chi connectivity index (χ0) is 12.3. The Kier molecular flexibility index (Phi) is 3.43. The monoisotopic (exact) mass is 226 g/mol. The van der Waals surface area contributed by atoms with Crippen LogP contribution in [0.4, 0.5) is 11.5 Å². The zero-order valence-electron chi connectivity index (χ0n) is 10.6. The predicted octanol–water partition coefficient (Wildman–Crippen LogP) is 4.26. The third-order valence-electron chi connectivity index (χ3n) is 2.86. The molecule has 2 aromatic rings. The van der Waals surface area contributed by atoms with Gasteiger partial charge in [-0.05, 0) is 36.1 Å². The molecular formula is C15H18N2. The summed E-state index contributed by atoms with van der Waals surface area (Å²) < 4.78 is 0. The summed E-state index contributed by atoms with van der Waals surface area (Å²) in [5, 5.41) is 3.33. The molecule has 2 heteroatoms. The Bertz CT molecular complexity index is 487. The van der Waals surface area contributed by atoms with E-state index >= 15 is 0 Å². The number of para-hydroxylation sites is 1. The van der Waals surface area contributed by atoms with Crippen LogP contribution in [0.1, 0.15) is 30.9 Å². The van der Waals surface area contributed by atoms with Gasteiger partial charge in [-0.3, -0.25) is 0 Å². The van der Waals surface area contributed by atoms with Gasteiger partial charge < -0.3 is 5.32 Å². The highest BCUT2D eigenvalue weighted by Crippen LogP contribution is 2.20. The van der Waals surface area contributed by atoms with Crippen molar-refractivity contribution in [3.8, 4) is 0 Å².